The van der Waals surface area contributed by atoms with Gasteiger partial charge in [-0.3, -0.25) is 0 Å². The maximum absolute atomic E-state index is 14.3. The summed E-state index contributed by atoms with van der Waals surface area (Å²) in [5, 5.41) is 8.17. The van der Waals surface area contributed by atoms with E-state index >= 15 is 0 Å². The van der Waals surface area contributed by atoms with Crippen LogP contribution in [0.1, 0.15) is 0 Å². The van der Waals surface area contributed by atoms with E-state index in [1.54, 1.807) is 6.20 Å². The Labute approximate surface area is 161 Å². The van der Waals surface area contributed by atoms with Gasteiger partial charge in [-0.05, 0) is 12.1 Å². The highest BCUT2D eigenvalue weighted by Gasteiger charge is 2.17. The third-order valence-corrected chi connectivity index (χ3v) is 4.28. The Hall–Kier alpha value is -3.17. The van der Waals surface area contributed by atoms with Crippen LogP contribution < -0.4 is 16.8 Å². The van der Waals surface area contributed by atoms with Crippen molar-refractivity contribution in [2.24, 2.45) is 0 Å². The minimum atomic E-state index is -0.598. The Balaban J connectivity index is 1.86. The van der Waals surface area contributed by atoms with Crippen molar-refractivity contribution in [1.82, 2.24) is 24.7 Å². The summed E-state index contributed by atoms with van der Waals surface area (Å²) in [5.74, 6) is 0.416. The van der Waals surface area contributed by atoms with Gasteiger partial charge in [0.05, 0.1) is 21.6 Å². The highest BCUT2D eigenvalue weighted by atomic mass is 35.5. The third kappa shape index (κ3) is 3.18. The molecule has 3 heterocycles. The zero-order valence-electron chi connectivity index (χ0n) is 13.5. The number of nitrogens with two attached hydrogens (primary N) is 2. The molecule has 8 nitrogen and oxygen atoms in total. The molecule has 1 aromatic carbocycles. The quantitative estimate of drug-likeness (QED) is 0.446. The highest BCUT2D eigenvalue weighted by molar-refractivity contribution is 6.38. The van der Waals surface area contributed by atoms with Gasteiger partial charge in [0.1, 0.15) is 35.0 Å². The van der Waals surface area contributed by atoms with Crippen LogP contribution in [0.5, 0.6) is 0 Å². The van der Waals surface area contributed by atoms with E-state index in [0.29, 0.717) is 28.4 Å². The normalized spacial score (nSPS) is 11.1. The standard InChI is InChI=1S/C16H11Cl2FN8/c17-9-1-7(20)2-10(18)15(9)27-5-8-14(26-27)11(19)4-22-16(8)25-13-3-12(21)23-6-24-13/h1-6H,20H2,(H3,21,22,23,24,25). The van der Waals surface area contributed by atoms with Crippen LogP contribution in [0.3, 0.4) is 0 Å². The third-order valence-electron chi connectivity index (χ3n) is 3.71. The fraction of sp³-hybridized carbons (Fsp3) is 0. The van der Waals surface area contributed by atoms with Crippen molar-refractivity contribution in [3.63, 3.8) is 0 Å². The van der Waals surface area contributed by atoms with Crippen LogP contribution in [0, 0.1) is 5.82 Å². The van der Waals surface area contributed by atoms with E-state index in [1.165, 1.54) is 29.2 Å². The molecule has 3 aromatic heterocycles. The Bertz CT molecular complexity index is 1150. The summed E-state index contributed by atoms with van der Waals surface area (Å²) in [6.45, 7) is 0. The molecule has 0 aliphatic heterocycles. The molecular weight excluding hydrogens is 394 g/mol. The largest absolute Gasteiger partial charge is 0.399 e. The van der Waals surface area contributed by atoms with Gasteiger partial charge in [-0.15, -0.1) is 0 Å². The van der Waals surface area contributed by atoms with Gasteiger partial charge in [0.2, 0.25) is 0 Å². The number of hydrogen-bond acceptors (Lipinski definition) is 7. The molecule has 0 bridgehead atoms. The van der Waals surface area contributed by atoms with Crippen LogP contribution in [0.2, 0.25) is 10.0 Å². The zero-order valence-corrected chi connectivity index (χ0v) is 15.0. The smallest absolute Gasteiger partial charge is 0.169 e. The number of nitrogen functional groups attached to an aromatic ring is 2. The molecule has 0 atom stereocenters. The first kappa shape index (κ1) is 17.3. The van der Waals surface area contributed by atoms with E-state index in [-0.39, 0.29) is 21.4 Å². The highest BCUT2D eigenvalue weighted by Crippen LogP contribution is 2.33. The van der Waals surface area contributed by atoms with E-state index in [0.717, 1.165) is 6.20 Å². The lowest BCUT2D eigenvalue weighted by Crippen LogP contribution is -1.99. The summed E-state index contributed by atoms with van der Waals surface area (Å²) in [6.07, 6.45) is 3.91. The molecule has 0 aliphatic carbocycles. The number of nitrogens with zero attached hydrogens (tertiary/aromatic N) is 5. The lowest BCUT2D eigenvalue weighted by molar-refractivity contribution is 0.629. The first-order chi connectivity index (χ1) is 12.9. The van der Waals surface area contributed by atoms with Crippen molar-refractivity contribution >= 4 is 57.2 Å². The van der Waals surface area contributed by atoms with Crippen molar-refractivity contribution in [2.75, 3.05) is 16.8 Å². The molecule has 5 N–H and O–H groups in total. The van der Waals surface area contributed by atoms with Gasteiger partial charge in [0, 0.05) is 18.0 Å². The number of halogens is 3. The molecule has 11 heteroatoms. The van der Waals surface area contributed by atoms with Gasteiger partial charge in [-0.1, -0.05) is 23.2 Å². The van der Waals surface area contributed by atoms with Crippen molar-refractivity contribution in [3.05, 3.63) is 52.8 Å². The minimum Gasteiger partial charge on any atom is -0.399 e. The molecule has 136 valence electrons. The average molecular weight is 405 g/mol. The number of rotatable bonds is 3. The Kier molecular flexibility index (Phi) is 4.17. The van der Waals surface area contributed by atoms with Crippen LogP contribution in [0.15, 0.2) is 36.9 Å². The van der Waals surface area contributed by atoms with Crippen molar-refractivity contribution in [1.29, 1.82) is 0 Å². The maximum atomic E-state index is 14.3. The molecule has 4 rings (SSSR count). The van der Waals surface area contributed by atoms with E-state index in [9.17, 15) is 4.39 Å². The summed E-state index contributed by atoms with van der Waals surface area (Å²) in [5.41, 5.74) is 12.2. The molecule has 0 amide bonds. The predicted molar refractivity (Wildman–Crippen MR) is 103 cm³/mol. The zero-order chi connectivity index (χ0) is 19.1. The molecule has 0 spiro atoms. The van der Waals surface area contributed by atoms with Crippen molar-refractivity contribution < 1.29 is 4.39 Å². The lowest BCUT2D eigenvalue weighted by atomic mass is 10.3. The fourth-order valence-electron chi connectivity index (χ4n) is 2.56. The molecule has 0 saturated heterocycles. The predicted octanol–water partition coefficient (Wildman–Crippen LogP) is 3.56. The van der Waals surface area contributed by atoms with E-state index in [1.807, 2.05) is 0 Å². The molecule has 0 saturated carbocycles. The van der Waals surface area contributed by atoms with E-state index in [4.69, 9.17) is 34.7 Å². The number of pyridine rings is 1. The van der Waals surface area contributed by atoms with E-state index < -0.39 is 5.82 Å². The summed E-state index contributed by atoms with van der Waals surface area (Å²) < 4.78 is 15.6. The molecule has 27 heavy (non-hydrogen) atoms. The number of aromatic nitrogens is 5. The number of anilines is 4. The Morgan fingerprint density at radius 2 is 1.78 bits per heavy atom. The molecule has 0 aliphatic rings. The second-order valence-electron chi connectivity index (χ2n) is 5.58. The lowest BCUT2D eigenvalue weighted by Gasteiger charge is -2.07. The summed E-state index contributed by atoms with van der Waals surface area (Å²) in [7, 11) is 0. The van der Waals surface area contributed by atoms with Gasteiger partial charge in [-0.2, -0.15) is 5.10 Å². The van der Waals surface area contributed by atoms with Crippen LogP contribution in [-0.4, -0.2) is 24.7 Å². The Morgan fingerprint density at radius 1 is 1.04 bits per heavy atom. The molecular formula is C16H11Cl2FN8. The van der Waals surface area contributed by atoms with Gasteiger partial charge >= 0.3 is 0 Å². The first-order valence-corrected chi connectivity index (χ1v) is 8.31. The number of hydrogen-bond donors (Lipinski definition) is 3. The monoisotopic (exact) mass is 404 g/mol. The second-order valence-corrected chi connectivity index (χ2v) is 6.39. The van der Waals surface area contributed by atoms with Crippen LogP contribution in [-0.2, 0) is 0 Å². The molecule has 0 unspecified atom stereocenters. The topological polar surface area (TPSA) is 121 Å². The Morgan fingerprint density at radius 3 is 2.48 bits per heavy atom. The van der Waals surface area contributed by atoms with Gasteiger partial charge in [-0.25, -0.2) is 24.0 Å². The van der Waals surface area contributed by atoms with Crippen LogP contribution >= 0.6 is 23.2 Å². The maximum Gasteiger partial charge on any atom is 0.169 e. The number of nitrogens with one attached hydrogen (secondary N) is 1. The van der Waals surface area contributed by atoms with Crippen LogP contribution in [0.25, 0.3) is 16.6 Å². The van der Waals surface area contributed by atoms with Gasteiger partial charge in [0.25, 0.3) is 0 Å². The van der Waals surface area contributed by atoms with E-state index in [2.05, 4.69) is 25.4 Å². The molecule has 4 aromatic rings. The summed E-state index contributed by atoms with van der Waals surface area (Å²) >= 11 is 12.5. The van der Waals surface area contributed by atoms with Gasteiger partial charge in [0.15, 0.2) is 5.82 Å². The SMILES string of the molecule is Nc1cc(Cl)c(-n2cc3c(Nc4cc(N)ncn4)ncc(F)c3n2)c(Cl)c1. The van der Waals surface area contributed by atoms with Crippen molar-refractivity contribution in [3.8, 4) is 5.69 Å². The van der Waals surface area contributed by atoms with Crippen molar-refractivity contribution in [2.45, 2.75) is 0 Å². The number of fused-ring (bicyclic) bond motifs is 1. The second kappa shape index (κ2) is 6.53. The first-order valence-electron chi connectivity index (χ1n) is 7.55. The average Bonchev–Trinajstić information content (AvgIpc) is 3.02. The fourth-order valence-corrected chi connectivity index (χ4v) is 3.23. The van der Waals surface area contributed by atoms with Crippen LogP contribution in [0.4, 0.5) is 27.5 Å². The van der Waals surface area contributed by atoms with Gasteiger partial charge < -0.3 is 16.8 Å². The molecule has 0 radical (unpaired) electrons. The summed E-state index contributed by atoms with van der Waals surface area (Å²) in [6, 6.07) is 4.59. The molecule has 0 fully saturated rings. The minimum absolute atomic E-state index is 0.0819. The number of benzene rings is 1. The summed E-state index contributed by atoms with van der Waals surface area (Å²) in [4.78, 5) is 11.9.